The molecule has 0 bridgehead atoms. The van der Waals surface area contributed by atoms with Gasteiger partial charge in [0.05, 0.1) is 12.2 Å². The Hall–Kier alpha value is -2.85. The van der Waals surface area contributed by atoms with Gasteiger partial charge in [-0.1, -0.05) is 65.3 Å². The topological polar surface area (TPSA) is 71.0 Å². The van der Waals surface area contributed by atoms with Crippen LogP contribution in [0, 0.1) is 0 Å². The molecule has 3 aromatic carbocycles. The second kappa shape index (κ2) is 11.7. The van der Waals surface area contributed by atoms with Gasteiger partial charge in [0.1, 0.15) is 11.0 Å². The Morgan fingerprint density at radius 2 is 1.70 bits per heavy atom. The minimum Gasteiger partial charge on any atom is -0.420 e. The van der Waals surface area contributed by atoms with Crippen molar-refractivity contribution < 1.29 is 23.1 Å². The van der Waals surface area contributed by atoms with Gasteiger partial charge in [-0.25, -0.2) is 4.90 Å². The third-order valence-electron chi connectivity index (χ3n) is 5.05. The third kappa shape index (κ3) is 7.58. The SMILES string of the molecule is O=C1C[C@H](SC(=NCc2ccccc2)Nc2ccc(OC(F)(F)Cl)cc2)C(=O)N1c1cc(Cl)cc(Cl)c1. The van der Waals surface area contributed by atoms with Crippen LogP contribution in [0.2, 0.25) is 10.0 Å². The van der Waals surface area contributed by atoms with Gasteiger partial charge in [-0.2, -0.15) is 0 Å². The lowest BCUT2D eigenvalue weighted by atomic mass is 10.2. The molecule has 2 amide bonds. The van der Waals surface area contributed by atoms with E-state index in [-0.39, 0.29) is 17.9 Å². The van der Waals surface area contributed by atoms with Crippen LogP contribution in [-0.4, -0.2) is 27.8 Å². The zero-order valence-corrected chi connectivity index (χ0v) is 21.9. The molecule has 3 aromatic rings. The Bertz CT molecular complexity index is 1300. The molecule has 0 radical (unpaired) electrons. The number of aliphatic imine (C=N–C) groups is 1. The number of amidine groups is 1. The first-order valence-corrected chi connectivity index (χ1v) is 12.8. The number of anilines is 2. The van der Waals surface area contributed by atoms with Crippen molar-refractivity contribution in [1.82, 2.24) is 0 Å². The Balaban J connectivity index is 1.54. The molecule has 1 aliphatic heterocycles. The maximum Gasteiger partial charge on any atom is 0.487 e. The van der Waals surface area contributed by atoms with Crippen molar-refractivity contribution in [1.29, 1.82) is 0 Å². The predicted octanol–water partition coefficient (Wildman–Crippen LogP) is 7.19. The van der Waals surface area contributed by atoms with Crippen molar-refractivity contribution in [3.8, 4) is 5.75 Å². The number of alkyl halides is 3. The number of nitrogens with zero attached hydrogens (tertiary/aromatic N) is 2. The largest absolute Gasteiger partial charge is 0.487 e. The average Bonchev–Trinajstić information content (AvgIpc) is 3.10. The fraction of sp³-hybridized carbons (Fsp3) is 0.160. The van der Waals surface area contributed by atoms with E-state index >= 15 is 0 Å². The van der Waals surface area contributed by atoms with Gasteiger partial charge in [-0.15, -0.1) is 8.78 Å². The quantitative estimate of drug-likeness (QED) is 0.138. The molecule has 0 saturated carbocycles. The monoisotopic (exact) mass is 583 g/mol. The molecule has 0 unspecified atom stereocenters. The highest BCUT2D eigenvalue weighted by molar-refractivity contribution is 8.15. The van der Waals surface area contributed by atoms with Crippen molar-refractivity contribution >= 4 is 74.9 Å². The second-order valence-corrected chi connectivity index (χ2v) is 10.3. The average molecular weight is 585 g/mol. The molecule has 4 rings (SSSR count). The van der Waals surface area contributed by atoms with Crippen LogP contribution in [0.4, 0.5) is 20.2 Å². The number of benzene rings is 3. The summed E-state index contributed by atoms with van der Waals surface area (Å²) in [7, 11) is 0. The Morgan fingerprint density at radius 1 is 1.05 bits per heavy atom. The van der Waals surface area contributed by atoms with Crippen LogP contribution < -0.4 is 15.0 Å². The number of nitrogens with one attached hydrogen (secondary N) is 1. The Labute approximate surface area is 230 Å². The minimum absolute atomic E-state index is 0.0583. The molecule has 1 N–H and O–H groups in total. The molecular formula is C25H18Cl3F2N3O3S. The highest BCUT2D eigenvalue weighted by atomic mass is 35.5. The van der Waals surface area contributed by atoms with Crippen LogP contribution in [0.1, 0.15) is 12.0 Å². The highest BCUT2D eigenvalue weighted by Crippen LogP contribution is 2.34. The van der Waals surface area contributed by atoms with Crippen LogP contribution in [0.15, 0.2) is 77.8 Å². The van der Waals surface area contributed by atoms with E-state index in [0.717, 1.165) is 22.2 Å². The fourth-order valence-corrected chi connectivity index (χ4v) is 5.11. The summed E-state index contributed by atoms with van der Waals surface area (Å²) in [4.78, 5) is 31.6. The number of amides is 2. The van der Waals surface area contributed by atoms with E-state index in [1.165, 1.54) is 42.5 Å². The number of thioether (sulfide) groups is 1. The smallest absolute Gasteiger partial charge is 0.420 e. The summed E-state index contributed by atoms with van der Waals surface area (Å²) < 4.78 is 30.1. The lowest BCUT2D eigenvalue weighted by Gasteiger charge is -2.17. The minimum atomic E-state index is -3.83. The molecule has 1 heterocycles. The fourth-order valence-electron chi connectivity index (χ4n) is 3.49. The van der Waals surface area contributed by atoms with Gasteiger partial charge < -0.3 is 10.1 Å². The lowest BCUT2D eigenvalue weighted by molar-refractivity contribution is -0.121. The van der Waals surface area contributed by atoms with Crippen LogP contribution >= 0.6 is 46.6 Å². The molecule has 1 aliphatic rings. The number of halogens is 5. The summed E-state index contributed by atoms with van der Waals surface area (Å²) in [5, 5.41) is 3.28. The molecule has 0 aliphatic carbocycles. The van der Waals surface area contributed by atoms with Gasteiger partial charge in [-0.3, -0.25) is 14.6 Å². The molecule has 0 spiro atoms. The van der Waals surface area contributed by atoms with Crippen LogP contribution in [0.25, 0.3) is 0 Å². The van der Waals surface area contributed by atoms with Crippen LogP contribution in [0.5, 0.6) is 5.75 Å². The maximum absolute atomic E-state index is 13.2. The zero-order valence-electron chi connectivity index (χ0n) is 18.8. The first-order valence-electron chi connectivity index (χ1n) is 10.8. The number of hydrogen-bond acceptors (Lipinski definition) is 5. The summed E-state index contributed by atoms with van der Waals surface area (Å²) in [5.41, 5.74) is -2.11. The summed E-state index contributed by atoms with van der Waals surface area (Å²) in [6.45, 7) is 0.304. The summed E-state index contributed by atoms with van der Waals surface area (Å²) >= 11 is 18.0. The first-order chi connectivity index (χ1) is 17.6. The number of hydrogen-bond donors (Lipinski definition) is 1. The molecule has 192 valence electrons. The summed E-state index contributed by atoms with van der Waals surface area (Å²) in [6.07, 6.45) is -0.0583. The molecule has 37 heavy (non-hydrogen) atoms. The van der Waals surface area contributed by atoms with Crippen molar-refractivity contribution in [2.24, 2.45) is 4.99 Å². The first kappa shape index (κ1) is 27.2. The third-order valence-corrected chi connectivity index (χ3v) is 6.67. The number of rotatable bonds is 7. The van der Waals surface area contributed by atoms with Crippen molar-refractivity contribution in [2.75, 3.05) is 10.2 Å². The van der Waals surface area contributed by atoms with Gasteiger partial charge in [0.15, 0.2) is 5.17 Å². The predicted molar refractivity (Wildman–Crippen MR) is 144 cm³/mol. The van der Waals surface area contributed by atoms with E-state index in [0.29, 0.717) is 27.4 Å². The maximum atomic E-state index is 13.2. The lowest BCUT2D eigenvalue weighted by Crippen LogP contribution is -2.31. The van der Waals surface area contributed by atoms with Crippen LogP contribution in [-0.2, 0) is 16.1 Å². The van der Waals surface area contributed by atoms with Gasteiger partial charge in [0, 0.05) is 33.8 Å². The standard InChI is InChI=1S/C25H18Cl3F2N3O3S/c26-16-10-17(27)12-19(11-16)33-22(34)13-21(23(33)35)37-24(31-14-15-4-2-1-3-5-15)32-18-6-8-20(9-7-18)36-25(28,29)30/h1-12,21H,13-14H2,(H,31,32)/t21-/m0/s1. The number of carbonyl (C=O) groups is 2. The summed E-state index contributed by atoms with van der Waals surface area (Å²) in [6, 6.07) is 19.6. The molecule has 1 atom stereocenters. The van der Waals surface area contributed by atoms with Gasteiger partial charge in [0.25, 0.3) is 0 Å². The van der Waals surface area contributed by atoms with Crippen molar-refractivity contribution in [3.63, 3.8) is 0 Å². The van der Waals surface area contributed by atoms with E-state index in [9.17, 15) is 18.4 Å². The Morgan fingerprint density at radius 3 is 2.32 bits per heavy atom. The van der Waals surface area contributed by atoms with Gasteiger partial charge >= 0.3 is 5.57 Å². The summed E-state index contributed by atoms with van der Waals surface area (Å²) in [5.74, 6) is -0.962. The van der Waals surface area contributed by atoms with E-state index in [1.807, 2.05) is 30.3 Å². The molecule has 0 aromatic heterocycles. The number of imide groups is 1. The van der Waals surface area contributed by atoms with E-state index in [1.54, 1.807) is 0 Å². The molecular weight excluding hydrogens is 567 g/mol. The molecule has 6 nitrogen and oxygen atoms in total. The normalized spacial score (nSPS) is 16.3. The molecule has 1 saturated heterocycles. The van der Waals surface area contributed by atoms with Crippen molar-refractivity contribution in [3.05, 3.63) is 88.4 Å². The van der Waals surface area contributed by atoms with E-state index in [2.05, 4.69) is 15.0 Å². The van der Waals surface area contributed by atoms with Gasteiger partial charge in [-0.05, 0) is 48.0 Å². The highest BCUT2D eigenvalue weighted by Gasteiger charge is 2.41. The molecule has 1 fully saturated rings. The van der Waals surface area contributed by atoms with Crippen LogP contribution in [0.3, 0.4) is 0 Å². The van der Waals surface area contributed by atoms with E-state index < -0.39 is 22.6 Å². The second-order valence-electron chi connectivity index (χ2n) is 7.81. The van der Waals surface area contributed by atoms with E-state index in [4.69, 9.17) is 34.8 Å². The zero-order chi connectivity index (χ0) is 26.6. The Kier molecular flexibility index (Phi) is 8.59. The molecule has 12 heteroatoms. The van der Waals surface area contributed by atoms with Crippen molar-refractivity contribution in [2.45, 2.75) is 23.8 Å². The van der Waals surface area contributed by atoms with Gasteiger partial charge in [0.2, 0.25) is 11.8 Å². The number of carbonyl (C=O) groups excluding carboxylic acids is 2. The number of ether oxygens (including phenoxy) is 1.